The van der Waals surface area contributed by atoms with E-state index in [2.05, 4.69) is 46.7 Å². The van der Waals surface area contributed by atoms with Gasteiger partial charge in [0.1, 0.15) is 0 Å². The van der Waals surface area contributed by atoms with E-state index in [1.54, 1.807) is 16.4 Å². The Morgan fingerprint density at radius 2 is 1.94 bits per heavy atom. The zero-order valence-electron chi connectivity index (χ0n) is 10.7. The Kier molecular flexibility index (Phi) is 3.98. The van der Waals surface area contributed by atoms with E-state index in [0.717, 1.165) is 5.16 Å². The van der Waals surface area contributed by atoms with Crippen LogP contribution in [-0.4, -0.2) is 26.2 Å². The van der Waals surface area contributed by atoms with Crippen LogP contribution in [0.1, 0.15) is 23.3 Å². The van der Waals surface area contributed by atoms with Crippen molar-refractivity contribution >= 4 is 11.8 Å². The van der Waals surface area contributed by atoms with Crippen molar-refractivity contribution in [3.63, 3.8) is 0 Å². The second kappa shape index (κ2) is 5.49. The molecule has 0 saturated carbocycles. The molecule has 0 spiro atoms. The van der Waals surface area contributed by atoms with Crippen LogP contribution >= 0.6 is 11.8 Å². The summed E-state index contributed by atoms with van der Waals surface area (Å²) in [6, 6.07) is 8.44. The molecule has 0 saturated heterocycles. The Bertz CT molecular complexity index is 505. The summed E-state index contributed by atoms with van der Waals surface area (Å²) in [7, 11) is 1.83. The smallest absolute Gasteiger partial charge is 0.209 e. The fourth-order valence-corrected chi connectivity index (χ4v) is 2.68. The number of thioether (sulfide) groups is 1. The van der Waals surface area contributed by atoms with Crippen molar-refractivity contribution in [2.24, 2.45) is 12.8 Å². The quantitative estimate of drug-likeness (QED) is 0.850. The fourth-order valence-electron chi connectivity index (χ4n) is 1.67. The Balaban J connectivity index is 2.24. The lowest BCUT2D eigenvalue weighted by atomic mass is 10.1. The first-order valence-electron chi connectivity index (χ1n) is 5.79. The number of hydrogen-bond acceptors (Lipinski definition) is 5. The Labute approximate surface area is 111 Å². The van der Waals surface area contributed by atoms with Crippen molar-refractivity contribution in [2.75, 3.05) is 0 Å². The van der Waals surface area contributed by atoms with Crippen LogP contribution in [0.2, 0.25) is 0 Å². The predicted molar refractivity (Wildman–Crippen MR) is 72.2 cm³/mol. The largest absolute Gasteiger partial charge is 0.327 e. The molecule has 6 heteroatoms. The molecule has 0 bridgehead atoms. The summed E-state index contributed by atoms with van der Waals surface area (Å²) in [4.78, 5) is 0. The highest BCUT2D eigenvalue weighted by Gasteiger charge is 2.20. The van der Waals surface area contributed by atoms with E-state index >= 15 is 0 Å². The monoisotopic (exact) mass is 263 g/mol. The Hall–Kier alpha value is -1.40. The molecule has 96 valence electrons. The molecule has 1 heterocycles. The van der Waals surface area contributed by atoms with Gasteiger partial charge in [-0.1, -0.05) is 41.6 Å². The van der Waals surface area contributed by atoms with Crippen molar-refractivity contribution in [2.45, 2.75) is 30.3 Å². The van der Waals surface area contributed by atoms with Crippen molar-refractivity contribution in [1.82, 2.24) is 20.2 Å². The van der Waals surface area contributed by atoms with Gasteiger partial charge in [0, 0.05) is 13.1 Å². The summed E-state index contributed by atoms with van der Waals surface area (Å²) in [6.07, 6.45) is 0. The first-order valence-corrected chi connectivity index (χ1v) is 6.67. The molecule has 0 amide bonds. The molecule has 2 N–H and O–H groups in total. The van der Waals surface area contributed by atoms with E-state index in [1.165, 1.54) is 11.1 Å². The third-order valence-corrected chi connectivity index (χ3v) is 4.21. The molecule has 0 fully saturated rings. The number of hydrogen-bond donors (Lipinski definition) is 1. The number of nitrogens with zero attached hydrogens (tertiary/aromatic N) is 4. The lowest BCUT2D eigenvalue weighted by Crippen LogP contribution is -2.23. The maximum Gasteiger partial charge on any atom is 0.209 e. The second-order valence-corrected chi connectivity index (χ2v) is 5.50. The first-order chi connectivity index (χ1) is 8.58. The van der Waals surface area contributed by atoms with Crippen molar-refractivity contribution in [1.29, 1.82) is 0 Å². The van der Waals surface area contributed by atoms with E-state index in [9.17, 15) is 0 Å². The van der Waals surface area contributed by atoms with Gasteiger partial charge in [0.2, 0.25) is 5.16 Å². The third-order valence-electron chi connectivity index (χ3n) is 2.70. The zero-order valence-corrected chi connectivity index (χ0v) is 11.6. The molecule has 0 aliphatic heterocycles. The number of rotatable bonds is 4. The maximum absolute atomic E-state index is 6.07. The summed E-state index contributed by atoms with van der Waals surface area (Å²) in [5, 5.41) is 12.4. The van der Waals surface area contributed by atoms with E-state index < -0.39 is 0 Å². The van der Waals surface area contributed by atoms with Gasteiger partial charge in [0.25, 0.3) is 0 Å². The van der Waals surface area contributed by atoms with Gasteiger partial charge in [-0.05, 0) is 29.8 Å². The molecule has 2 unspecified atom stereocenters. The molecule has 18 heavy (non-hydrogen) atoms. The maximum atomic E-state index is 6.07. The number of aromatic nitrogens is 4. The van der Waals surface area contributed by atoms with Crippen molar-refractivity contribution < 1.29 is 0 Å². The van der Waals surface area contributed by atoms with Gasteiger partial charge in [-0.15, -0.1) is 5.10 Å². The van der Waals surface area contributed by atoms with Gasteiger partial charge < -0.3 is 5.73 Å². The highest BCUT2D eigenvalue weighted by molar-refractivity contribution is 7.99. The SMILES string of the molecule is Cc1ccc(C(Sc2nnnn2C)C(C)N)cc1. The fraction of sp³-hybridized carbons (Fsp3) is 0.417. The lowest BCUT2D eigenvalue weighted by Gasteiger charge is -2.19. The molecule has 2 rings (SSSR count). The highest BCUT2D eigenvalue weighted by Crippen LogP contribution is 2.35. The van der Waals surface area contributed by atoms with Crippen LogP contribution in [0, 0.1) is 6.92 Å². The highest BCUT2D eigenvalue weighted by atomic mass is 32.2. The minimum Gasteiger partial charge on any atom is -0.327 e. The van der Waals surface area contributed by atoms with E-state index in [4.69, 9.17) is 5.73 Å². The number of benzene rings is 1. The molecule has 2 aromatic rings. The van der Waals surface area contributed by atoms with Gasteiger partial charge in [-0.2, -0.15) is 0 Å². The standard InChI is InChI=1S/C12H17N5S/c1-8-4-6-10(7-5-8)11(9(2)13)18-12-14-15-16-17(12)3/h4-7,9,11H,13H2,1-3H3. The first kappa shape index (κ1) is 13.0. The molecule has 1 aromatic heterocycles. The molecule has 5 nitrogen and oxygen atoms in total. The minimum absolute atomic E-state index is 0.0226. The predicted octanol–water partition coefficient (Wildman–Crippen LogP) is 1.70. The molecular formula is C12H17N5S. The van der Waals surface area contributed by atoms with E-state index in [0.29, 0.717) is 0 Å². The second-order valence-electron chi connectivity index (χ2n) is 4.39. The van der Waals surface area contributed by atoms with Crippen LogP contribution in [0.3, 0.4) is 0 Å². The van der Waals surface area contributed by atoms with Gasteiger partial charge in [0.15, 0.2) is 0 Å². The molecule has 0 aliphatic carbocycles. The number of nitrogens with two attached hydrogens (primary N) is 1. The van der Waals surface area contributed by atoms with Crippen LogP contribution in [0.4, 0.5) is 0 Å². The molecular weight excluding hydrogens is 246 g/mol. The summed E-state index contributed by atoms with van der Waals surface area (Å²) >= 11 is 1.59. The number of aryl methyl sites for hydroxylation is 2. The summed E-state index contributed by atoms with van der Waals surface area (Å²) in [5.41, 5.74) is 8.52. The third kappa shape index (κ3) is 2.88. The minimum atomic E-state index is 0.0226. The topological polar surface area (TPSA) is 69.6 Å². The normalized spacial score (nSPS) is 14.4. The van der Waals surface area contributed by atoms with Crippen LogP contribution in [0.25, 0.3) is 0 Å². The summed E-state index contributed by atoms with van der Waals surface area (Å²) in [5.74, 6) is 0. The van der Waals surface area contributed by atoms with Gasteiger partial charge in [-0.3, -0.25) is 0 Å². The average molecular weight is 263 g/mol. The lowest BCUT2D eigenvalue weighted by molar-refractivity contribution is 0.657. The van der Waals surface area contributed by atoms with Gasteiger partial charge >= 0.3 is 0 Å². The van der Waals surface area contributed by atoms with Crippen LogP contribution in [0.15, 0.2) is 29.4 Å². The van der Waals surface area contributed by atoms with Gasteiger partial charge in [-0.25, -0.2) is 4.68 Å². The van der Waals surface area contributed by atoms with Crippen molar-refractivity contribution in [3.8, 4) is 0 Å². The van der Waals surface area contributed by atoms with Crippen molar-refractivity contribution in [3.05, 3.63) is 35.4 Å². The van der Waals surface area contributed by atoms with Crippen LogP contribution in [0.5, 0.6) is 0 Å². The molecule has 0 radical (unpaired) electrons. The van der Waals surface area contributed by atoms with E-state index in [1.807, 2.05) is 14.0 Å². The molecule has 2 atom stereocenters. The van der Waals surface area contributed by atoms with Crippen LogP contribution in [-0.2, 0) is 7.05 Å². The Morgan fingerprint density at radius 3 is 2.44 bits per heavy atom. The number of tetrazole rings is 1. The van der Waals surface area contributed by atoms with E-state index in [-0.39, 0.29) is 11.3 Å². The molecule has 0 aliphatic rings. The van der Waals surface area contributed by atoms with Gasteiger partial charge in [0.05, 0.1) is 5.25 Å². The molecule has 1 aromatic carbocycles. The van der Waals surface area contributed by atoms with Crippen LogP contribution < -0.4 is 5.73 Å². The average Bonchev–Trinajstić information content (AvgIpc) is 2.73. The zero-order chi connectivity index (χ0) is 13.1. The summed E-state index contributed by atoms with van der Waals surface area (Å²) in [6.45, 7) is 4.08. The Morgan fingerprint density at radius 1 is 1.28 bits per heavy atom. The summed E-state index contributed by atoms with van der Waals surface area (Å²) < 4.78 is 1.66.